The minimum atomic E-state index is -4.69. The molecule has 1 aromatic carbocycles. The molecule has 1 fully saturated rings. The Balaban J connectivity index is 2.29. The summed E-state index contributed by atoms with van der Waals surface area (Å²) in [5, 5.41) is 2.67. The summed E-state index contributed by atoms with van der Waals surface area (Å²) in [6, 6.07) is 4.06. The van der Waals surface area contributed by atoms with Gasteiger partial charge in [-0.1, -0.05) is 23.4 Å². The van der Waals surface area contributed by atoms with Crippen molar-refractivity contribution < 1.29 is 18.0 Å². The van der Waals surface area contributed by atoms with Crippen molar-refractivity contribution in [3.63, 3.8) is 0 Å². The molecule has 122 valence electrons. The maximum Gasteiger partial charge on any atom is 0.422 e. The summed E-state index contributed by atoms with van der Waals surface area (Å²) in [5.74, 6) is 4.62. The van der Waals surface area contributed by atoms with Gasteiger partial charge in [0.1, 0.15) is 0 Å². The topological polar surface area (TPSA) is 32.3 Å². The highest BCUT2D eigenvalue weighted by atomic mass is 35.5. The minimum absolute atomic E-state index is 0.00262. The first-order valence-corrected chi connectivity index (χ1v) is 7.52. The number of alkyl halides is 3. The van der Waals surface area contributed by atoms with E-state index in [9.17, 15) is 18.0 Å². The number of carbonyl (C=O) groups excluding carboxylic acids is 1. The number of nitrogens with one attached hydrogen (secondary N) is 1. The van der Waals surface area contributed by atoms with E-state index >= 15 is 0 Å². The number of benzene rings is 1. The van der Waals surface area contributed by atoms with Gasteiger partial charge in [-0.3, -0.25) is 9.69 Å². The molecule has 3 nitrogen and oxygen atoms in total. The van der Waals surface area contributed by atoms with Crippen LogP contribution in [-0.4, -0.2) is 30.6 Å². The Bertz CT molecular complexity index is 718. The van der Waals surface area contributed by atoms with Crippen LogP contribution in [0.4, 0.5) is 18.9 Å². The lowest BCUT2D eigenvalue weighted by atomic mass is 9.86. The third-order valence-corrected chi connectivity index (χ3v) is 4.28. The largest absolute Gasteiger partial charge is 0.422 e. The molecule has 2 aliphatic rings. The molecule has 3 rings (SSSR count). The van der Waals surface area contributed by atoms with Gasteiger partial charge in [-0.15, -0.1) is 0 Å². The van der Waals surface area contributed by atoms with Gasteiger partial charge in [-0.05, 0) is 38.1 Å². The molecule has 1 atom stereocenters. The molecular formula is C16H14ClF3N2O. The number of hydrogen-bond donors (Lipinski definition) is 1. The van der Waals surface area contributed by atoms with Gasteiger partial charge in [0, 0.05) is 22.2 Å². The van der Waals surface area contributed by atoms with Crippen LogP contribution in [0, 0.1) is 17.8 Å². The van der Waals surface area contributed by atoms with Crippen LogP contribution in [0.25, 0.3) is 0 Å². The normalized spacial score (nSPS) is 25.0. The molecule has 1 unspecified atom stereocenters. The summed E-state index contributed by atoms with van der Waals surface area (Å²) < 4.78 is 42.3. The number of likely N-dealkylation sites (N-methyl/N-ethyl adjacent to an activating group) is 1. The molecule has 1 aromatic rings. The van der Waals surface area contributed by atoms with Gasteiger partial charge in [0.15, 0.2) is 0 Å². The Morgan fingerprint density at radius 3 is 2.70 bits per heavy atom. The van der Waals surface area contributed by atoms with E-state index in [1.54, 1.807) is 0 Å². The predicted octanol–water partition coefficient (Wildman–Crippen LogP) is 3.39. The number of fused-ring (bicyclic) bond motifs is 1. The van der Waals surface area contributed by atoms with E-state index in [0.717, 1.165) is 17.7 Å². The average Bonchev–Trinajstić information content (AvgIpc) is 3.24. The zero-order chi connectivity index (χ0) is 16.8. The number of nitrogens with zero attached hydrogens (tertiary/aromatic N) is 1. The van der Waals surface area contributed by atoms with Crippen molar-refractivity contribution in [2.24, 2.45) is 5.92 Å². The first-order chi connectivity index (χ1) is 10.7. The van der Waals surface area contributed by atoms with E-state index in [2.05, 4.69) is 17.2 Å². The van der Waals surface area contributed by atoms with Crippen molar-refractivity contribution in [3.05, 3.63) is 28.8 Å². The first-order valence-electron chi connectivity index (χ1n) is 7.14. The van der Waals surface area contributed by atoms with E-state index in [1.165, 1.54) is 25.2 Å². The second-order valence-corrected chi connectivity index (χ2v) is 6.28. The molecule has 1 aliphatic heterocycles. The third kappa shape index (κ3) is 2.79. The standard InChI is InChI=1S/C16H14ClF3N2O/c1-22-9-14(23)21-13-5-4-11(17)8-12(13)15(22,16(18,19)20)7-6-10-2-3-10/h4-5,8,10H,2-3,9H2,1H3,(H,21,23). The summed E-state index contributed by atoms with van der Waals surface area (Å²) in [7, 11) is 1.25. The summed E-state index contributed by atoms with van der Waals surface area (Å²) in [6.45, 7) is -0.412. The fourth-order valence-corrected chi connectivity index (χ4v) is 2.86. The van der Waals surface area contributed by atoms with Crippen LogP contribution in [0.3, 0.4) is 0 Å². The number of amides is 1. The van der Waals surface area contributed by atoms with Crippen LogP contribution in [0.5, 0.6) is 0 Å². The summed E-state index contributed by atoms with van der Waals surface area (Å²) in [6.07, 6.45) is -3.07. The molecule has 1 saturated carbocycles. The minimum Gasteiger partial charge on any atom is -0.325 e. The number of halogens is 4. The zero-order valence-electron chi connectivity index (χ0n) is 12.3. The summed E-state index contributed by atoms with van der Waals surface area (Å²) >= 11 is 5.92. The first kappa shape index (κ1) is 16.2. The molecule has 0 bridgehead atoms. The van der Waals surface area contributed by atoms with Gasteiger partial charge in [-0.2, -0.15) is 13.2 Å². The molecule has 0 spiro atoms. The van der Waals surface area contributed by atoms with E-state index in [4.69, 9.17) is 11.6 Å². The maximum atomic E-state index is 14.1. The molecule has 0 saturated heterocycles. The highest BCUT2D eigenvalue weighted by Gasteiger charge is 2.60. The zero-order valence-corrected chi connectivity index (χ0v) is 13.1. The Kier molecular flexibility index (Phi) is 3.81. The van der Waals surface area contributed by atoms with Gasteiger partial charge >= 0.3 is 6.18 Å². The summed E-state index contributed by atoms with van der Waals surface area (Å²) in [5.41, 5.74) is -2.61. The van der Waals surface area contributed by atoms with E-state index in [0.29, 0.717) is 0 Å². The SMILES string of the molecule is CN1CC(=O)Nc2ccc(Cl)cc2C1(C#CC1CC1)C(F)(F)F. The van der Waals surface area contributed by atoms with Gasteiger partial charge in [0.05, 0.1) is 6.54 Å². The fourth-order valence-electron chi connectivity index (χ4n) is 2.69. The molecule has 0 aromatic heterocycles. The van der Waals surface area contributed by atoms with Crippen LogP contribution in [0.2, 0.25) is 5.02 Å². The molecule has 23 heavy (non-hydrogen) atoms. The highest BCUT2D eigenvalue weighted by molar-refractivity contribution is 6.30. The number of rotatable bonds is 0. The average molecular weight is 343 g/mol. The monoisotopic (exact) mass is 342 g/mol. The second-order valence-electron chi connectivity index (χ2n) is 5.85. The Labute approximate surface area is 136 Å². The summed E-state index contributed by atoms with van der Waals surface area (Å²) in [4.78, 5) is 12.8. The van der Waals surface area contributed by atoms with Crippen LogP contribution in [-0.2, 0) is 10.3 Å². The van der Waals surface area contributed by atoms with Gasteiger partial charge in [0.2, 0.25) is 11.4 Å². The number of hydrogen-bond acceptors (Lipinski definition) is 2. The van der Waals surface area contributed by atoms with Crippen LogP contribution < -0.4 is 5.32 Å². The second kappa shape index (κ2) is 5.43. The lowest BCUT2D eigenvalue weighted by Gasteiger charge is -2.38. The Morgan fingerprint density at radius 1 is 1.39 bits per heavy atom. The van der Waals surface area contributed by atoms with Gasteiger partial charge < -0.3 is 5.32 Å². The van der Waals surface area contributed by atoms with Crippen LogP contribution in [0.15, 0.2) is 18.2 Å². The van der Waals surface area contributed by atoms with Crippen LogP contribution in [0.1, 0.15) is 18.4 Å². The molecule has 0 radical (unpaired) electrons. The van der Waals surface area contributed by atoms with Crippen molar-refractivity contribution in [1.82, 2.24) is 4.90 Å². The van der Waals surface area contributed by atoms with Crippen molar-refractivity contribution in [3.8, 4) is 11.8 Å². The molecular weight excluding hydrogens is 329 g/mol. The number of carbonyl (C=O) groups is 1. The van der Waals surface area contributed by atoms with Crippen LogP contribution >= 0.6 is 11.6 Å². The number of anilines is 1. The molecule has 1 aliphatic carbocycles. The van der Waals surface area contributed by atoms with Crippen molar-refractivity contribution in [1.29, 1.82) is 0 Å². The molecule has 1 amide bonds. The van der Waals surface area contributed by atoms with E-state index < -0.39 is 24.2 Å². The Hall–Kier alpha value is -1.71. The smallest absolute Gasteiger partial charge is 0.325 e. The van der Waals surface area contributed by atoms with Crippen molar-refractivity contribution in [2.45, 2.75) is 24.6 Å². The molecule has 1 N–H and O–H groups in total. The maximum absolute atomic E-state index is 14.1. The fraction of sp³-hybridized carbons (Fsp3) is 0.438. The predicted molar refractivity (Wildman–Crippen MR) is 80.9 cm³/mol. The lowest BCUT2D eigenvalue weighted by molar-refractivity contribution is -0.210. The lowest BCUT2D eigenvalue weighted by Crippen LogP contribution is -2.54. The van der Waals surface area contributed by atoms with E-state index in [1.807, 2.05) is 0 Å². The highest BCUT2D eigenvalue weighted by Crippen LogP contribution is 2.47. The van der Waals surface area contributed by atoms with Gasteiger partial charge in [0.25, 0.3) is 0 Å². The van der Waals surface area contributed by atoms with Crippen molar-refractivity contribution in [2.75, 3.05) is 18.9 Å². The Morgan fingerprint density at radius 2 is 2.09 bits per heavy atom. The van der Waals surface area contributed by atoms with Crippen molar-refractivity contribution >= 4 is 23.2 Å². The quantitative estimate of drug-likeness (QED) is 0.733. The van der Waals surface area contributed by atoms with E-state index in [-0.39, 0.29) is 22.2 Å². The third-order valence-electron chi connectivity index (χ3n) is 4.04. The molecule has 1 heterocycles. The molecule has 7 heteroatoms. The van der Waals surface area contributed by atoms with Gasteiger partial charge in [-0.25, -0.2) is 0 Å².